The molecule has 1 N–H and O–H groups in total. The zero-order valence-electron chi connectivity index (χ0n) is 11.1. The molecule has 1 heteroatoms. The van der Waals surface area contributed by atoms with Crippen LogP contribution in [0.25, 0.3) is 0 Å². The summed E-state index contributed by atoms with van der Waals surface area (Å²) >= 11 is 0. The van der Waals surface area contributed by atoms with Crippen molar-refractivity contribution in [3.63, 3.8) is 0 Å². The van der Waals surface area contributed by atoms with Gasteiger partial charge in [-0.3, -0.25) is 0 Å². The van der Waals surface area contributed by atoms with Crippen molar-refractivity contribution in [3.8, 4) is 0 Å². The Kier molecular flexibility index (Phi) is 14.1. The molecule has 0 bridgehead atoms. The van der Waals surface area contributed by atoms with Crippen LogP contribution in [0.1, 0.15) is 84.0 Å². The molecular weight excluding hydrogens is 194 g/mol. The van der Waals surface area contributed by atoms with Gasteiger partial charge < -0.3 is 5.73 Å². The summed E-state index contributed by atoms with van der Waals surface area (Å²) in [5.41, 5.74) is 6.86. The second-order valence-corrected chi connectivity index (χ2v) is 4.73. The van der Waals surface area contributed by atoms with Crippen molar-refractivity contribution in [2.75, 3.05) is 0 Å². The van der Waals surface area contributed by atoms with E-state index in [1.807, 2.05) is 6.08 Å². The maximum atomic E-state index is 6.86. The van der Waals surface area contributed by atoms with Crippen molar-refractivity contribution >= 4 is 0 Å². The van der Waals surface area contributed by atoms with Gasteiger partial charge in [-0.25, -0.2) is 0 Å². The van der Waals surface area contributed by atoms with Crippen LogP contribution < -0.4 is 5.73 Å². The summed E-state index contributed by atoms with van der Waals surface area (Å²) in [6.07, 6.45) is 19.9. The molecule has 0 aromatic rings. The molecule has 0 atom stereocenters. The van der Waals surface area contributed by atoms with Gasteiger partial charge in [0.05, 0.1) is 0 Å². The van der Waals surface area contributed by atoms with Gasteiger partial charge in [0.2, 0.25) is 0 Å². The Morgan fingerprint density at radius 3 is 1.56 bits per heavy atom. The van der Waals surface area contributed by atoms with Gasteiger partial charge in [0, 0.05) is 6.20 Å². The van der Waals surface area contributed by atoms with Crippen molar-refractivity contribution in [1.29, 1.82) is 0 Å². The summed E-state index contributed by atoms with van der Waals surface area (Å²) in [6, 6.07) is 0. The van der Waals surface area contributed by atoms with E-state index in [2.05, 4.69) is 6.92 Å². The van der Waals surface area contributed by atoms with Crippen molar-refractivity contribution in [1.82, 2.24) is 5.73 Å². The van der Waals surface area contributed by atoms with Gasteiger partial charge in [0.1, 0.15) is 0 Å². The molecule has 0 amide bonds. The van der Waals surface area contributed by atoms with Gasteiger partial charge in [0.15, 0.2) is 0 Å². The summed E-state index contributed by atoms with van der Waals surface area (Å²) in [4.78, 5) is 0. The number of allylic oxidation sites excluding steroid dienone is 1. The summed E-state index contributed by atoms with van der Waals surface area (Å²) in [7, 11) is 0. The number of unbranched alkanes of at least 4 members (excludes halogenated alkanes) is 11. The molecule has 0 fully saturated rings. The Labute approximate surface area is 102 Å². The van der Waals surface area contributed by atoms with Crippen LogP contribution in [0.2, 0.25) is 0 Å². The van der Waals surface area contributed by atoms with Gasteiger partial charge in [-0.05, 0) is 12.8 Å². The minimum absolute atomic E-state index is 1.10. The standard InChI is InChI=1S/C15H30N/c1-2-3-4-5-6-7-8-9-10-11-12-13-14-15-16/h14-16H,2-13H2,1H3. The van der Waals surface area contributed by atoms with Gasteiger partial charge in [-0.1, -0.05) is 77.2 Å². The first-order valence-corrected chi connectivity index (χ1v) is 7.24. The summed E-state index contributed by atoms with van der Waals surface area (Å²) in [5, 5.41) is 0. The van der Waals surface area contributed by atoms with E-state index in [1.54, 1.807) is 0 Å². The first kappa shape index (κ1) is 15.5. The highest BCUT2D eigenvalue weighted by atomic mass is 14.5. The fourth-order valence-electron chi connectivity index (χ4n) is 2.01. The third-order valence-corrected chi connectivity index (χ3v) is 3.09. The van der Waals surface area contributed by atoms with Gasteiger partial charge in [-0.15, -0.1) is 0 Å². The highest BCUT2D eigenvalue weighted by Crippen LogP contribution is 2.11. The molecule has 0 heterocycles. The SMILES string of the molecule is CCCCCCCCCCCCCC=C[NH]. The molecule has 16 heavy (non-hydrogen) atoms. The van der Waals surface area contributed by atoms with Crippen LogP contribution in [-0.2, 0) is 0 Å². The molecule has 0 aromatic carbocycles. The number of hydrogen-bond acceptors (Lipinski definition) is 0. The molecule has 1 radical (unpaired) electrons. The molecule has 0 spiro atoms. The molecule has 0 aliphatic rings. The smallest absolute Gasteiger partial charge is 0.0137 e. The minimum atomic E-state index is 1.10. The van der Waals surface area contributed by atoms with E-state index in [0.717, 1.165) is 6.42 Å². The van der Waals surface area contributed by atoms with E-state index in [-0.39, 0.29) is 0 Å². The normalized spacial score (nSPS) is 11.3. The quantitative estimate of drug-likeness (QED) is 0.392. The Hall–Kier alpha value is -0.460. The highest BCUT2D eigenvalue weighted by Gasteiger charge is 1.92. The molecule has 0 unspecified atom stereocenters. The average molecular weight is 224 g/mol. The van der Waals surface area contributed by atoms with Crippen molar-refractivity contribution in [3.05, 3.63) is 12.3 Å². The lowest BCUT2D eigenvalue weighted by atomic mass is 10.1. The van der Waals surface area contributed by atoms with E-state index in [1.165, 1.54) is 76.8 Å². The average Bonchev–Trinajstić information content (AvgIpc) is 2.31. The van der Waals surface area contributed by atoms with Gasteiger partial charge in [0.25, 0.3) is 0 Å². The van der Waals surface area contributed by atoms with Crippen LogP contribution in [0.3, 0.4) is 0 Å². The van der Waals surface area contributed by atoms with Gasteiger partial charge in [-0.2, -0.15) is 0 Å². The largest absolute Gasteiger partial charge is 0.309 e. The van der Waals surface area contributed by atoms with Crippen LogP contribution >= 0.6 is 0 Å². The van der Waals surface area contributed by atoms with Crippen LogP contribution in [0.15, 0.2) is 12.3 Å². The predicted molar refractivity (Wildman–Crippen MR) is 73.3 cm³/mol. The molecule has 95 valence electrons. The van der Waals surface area contributed by atoms with E-state index >= 15 is 0 Å². The molecule has 0 aliphatic carbocycles. The number of hydrogen-bond donors (Lipinski definition) is 0. The van der Waals surface area contributed by atoms with E-state index in [4.69, 9.17) is 5.73 Å². The fourth-order valence-corrected chi connectivity index (χ4v) is 2.01. The Balaban J connectivity index is 2.88. The lowest BCUT2D eigenvalue weighted by Gasteiger charge is -2.01. The zero-order chi connectivity index (χ0) is 11.9. The molecular formula is C15H30N. The third-order valence-electron chi connectivity index (χ3n) is 3.09. The molecule has 0 saturated carbocycles. The third kappa shape index (κ3) is 13.5. The maximum Gasteiger partial charge on any atom is 0.0137 e. The first-order chi connectivity index (χ1) is 7.91. The van der Waals surface area contributed by atoms with Crippen molar-refractivity contribution < 1.29 is 0 Å². The van der Waals surface area contributed by atoms with Crippen LogP contribution in [0.5, 0.6) is 0 Å². The van der Waals surface area contributed by atoms with E-state index in [9.17, 15) is 0 Å². The van der Waals surface area contributed by atoms with Crippen LogP contribution in [-0.4, -0.2) is 0 Å². The summed E-state index contributed by atoms with van der Waals surface area (Å²) in [6.45, 7) is 2.27. The predicted octanol–water partition coefficient (Wildman–Crippen LogP) is 5.48. The highest BCUT2D eigenvalue weighted by molar-refractivity contribution is 4.74. The Bertz CT molecular complexity index is 140. The second-order valence-electron chi connectivity index (χ2n) is 4.73. The van der Waals surface area contributed by atoms with Gasteiger partial charge >= 0.3 is 0 Å². The number of nitrogens with one attached hydrogen (secondary N) is 1. The molecule has 0 aliphatic heterocycles. The summed E-state index contributed by atoms with van der Waals surface area (Å²) < 4.78 is 0. The van der Waals surface area contributed by atoms with Crippen LogP contribution in [0, 0.1) is 0 Å². The lowest BCUT2D eigenvalue weighted by molar-refractivity contribution is 0.550. The fraction of sp³-hybridized carbons (Fsp3) is 0.867. The topological polar surface area (TPSA) is 23.8 Å². The maximum absolute atomic E-state index is 6.86. The Morgan fingerprint density at radius 2 is 1.12 bits per heavy atom. The summed E-state index contributed by atoms with van der Waals surface area (Å²) in [5.74, 6) is 0. The molecule has 1 nitrogen and oxygen atoms in total. The zero-order valence-corrected chi connectivity index (χ0v) is 11.1. The van der Waals surface area contributed by atoms with E-state index < -0.39 is 0 Å². The van der Waals surface area contributed by atoms with Crippen molar-refractivity contribution in [2.45, 2.75) is 84.0 Å². The van der Waals surface area contributed by atoms with Crippen LogP contribution in [0.4, 0.5) is 0 Å². The molecule has 0 rings (SSSR count). The van der Waals surface area contributed by atoms with Crippen molar-refractivity contribution in [2.24, 2.45) is 0 Å². The second kappa shape index (κ2) is 14.5. The number of rotatable bonds is 12. The molecule has 0 saturated heterocycles. The Morgan fingerprint density at radius 1 is 0.688 bits per heavy atom. The minimum Gasteiger partial charge on any atom is -0.309 e. The monoisotopic (exact) mass is 224 g/mol. The van der Waals surface area contributed by atoms with E-state index in [0.29, 0.717) is 0 Å². The molecule has 0 aromatic heterocycles. The first-order valence-electron chi connectivity index (χ1n) is 7.24. The lowest BCUT2D eigenvalue weighted by Crippen LogP contribution is -1.81.